The van der Waals surface area contributed by atoms with Crippen LogP contribution in [-0.2, 0) is 14.8 Å². The Hall–Kier alpha value is -3.21. The van der Waals surface area contributed by atoms with Crippen LogP contribution in [0.15, 0.2) is 30.3 Å². The Kier molecular flexibility index (Phi) is 6.42. The first-order valence-electron chi connectivity index (χ1n) is 8.24. The molecule has 156 valence electrons. The molecule has 0 aliphatic rings. The summed E-state index contributed by atoms with van der Waals surface area (Å²) >= 11 is 0. The van der Waals surface area contributed by atoms with E-state index in [1.165, 1.54) is 44.1 Å². The quantitative estimate of drug-likeness (QED) is 0.658. The van der Waals surface area contributed by atoms with Crippen LogP contribution in [0, 0.1) is 11.6 Å². The molecule has 0 heterocycles. The molecule has 0 spiro atoms. The number of halogens is 2. The Balaban J connectivity index is 2.43. The fourth-order valence-corrected chi connectivity index (χ4v) is 3.14. The van der Waals surface area contributed by atoms with Crippen LogP contribution in [0.25, 0.3) is 0 Å². The van der Waals surface area contributed by atoms with Gasteiger partial charge in [0.15, 0.2) is 11.6 Å². The van der Waals surface area contributed by atoms with Crippen molar-refractivity contribution in [2.45, 2.75) is 6.92 Å². The zero-order chi connectivity index (χ0) is 21.9. The van der Waals surface area contributed by atoms with Crippen molar-refractivity contribution in [2.24, 2.45) is 0 Å². The third kappa shape index (κ3) is 5.88. The number of amides is 2. The SMILES string of the molecule is CC(=O)Nc1ccc(NS(C)(=O)=O)c(C(=O)Nc2cc(F)c(N(C)C)c(F)c2)c1. The van der Waals surface area contributed by atoms with E-state index in [-0.39, 0.29) is 28.3 Å². The lowest BCUT2D eigenvalue weighted by molar-refractivity contribution is -0.114. The van der Waals surface area contributed by atoms with Crippen molar-refractivity contribution in [3.05, 3.63) is 47.5 Å². The second-order valence-corrected chi connectivity index (χ2v) is 8.20. The Labute approximate surface area is 167 Å². The summed E-state index contributed by atoms with van der Waals surface area (Å²) in [5.74, 6) is -3.00. The molecule has 29 heavy (non-hydrogen) atoms. The van der Waals surface area contributed by atoms with Crippen molar-refractivity contribution >= 4 is 44.6 Å². The summed E-state index contributed by atoms with van der Waals surface area (Å²) in [5.41, 5.74) is -0.410. The van der Waals surface area contributed by atoms with Crippen LogP contribution in [0.3, 0.4) is 0 Å². The normalized spacial score (nSPS) is 11.0. The number of anilines is 4. The topological polar surface area (TPSA) is 108 Å². The van der Waals surface area contributed by atoms with E-state index >= 15 is 0 Å². The van der Waals surface area contributed by atoms with Gasteiger partial charge in [-0.3, -0.25) is 14.3 Å². The molecule has 2 aromatic rings. The molecule has 0 aliphatic carbocycles. The van der Waals surface area contributed by atoms with Crippen molar-refractivity contribution < 1.29 is 26.8 Å². The van der Waals surface area contributed by atoms with Gasteiger partial charge in [0.1, 0.15) is 5.69 Å². The largest absolute Gasteiger partial charge is 0.373 e. The molecule has 11 heteroatoms. The highest BCUT2D eigenvalue weighted by atomic mass is 32.2. The lowest BCUT2D eigenvalue weighted by Crippen LogP contribution is -2.19. The second-order valence-electron chi connectivity index (χ2n) is 6.45. The maximum atomic E-state index is 14.2. The first-order chi connectivity index (χ1) is 13.4. The minimum Gasteiger partial charge on any atom is -0.373 e. The molecule has 2 aromatic carbocycles. The summed E-state index contributed by atoms with van der Waals surface area (Å²) in [7, 11) is -0.776. The van der Waals surface area contributed by atoms with Crippen LogP contribution in [0.4, 0.5) is 31.5 Å². The monoisotopic (exact) mass is 426 g/mol. The van der Waals surface area contributed by atoms with Gasteiger partial charge in [0.2, 0.25) is 15.9 Å². The van der Waals surface area contributed by atoms with Crippen LogP contribution in [0.1, 0.15) is 17.3 Å². The summed E-state index contributed by atoms with van der Waals surface area (Å²) in [6, 6.07) is 5.81. The van der Waals surface area contributed by atoms with Crippen molar-refractivity contribution in [3.63, 3.8) is 0 Å². The standard InChI is InChI=1S/C18H20F2N4O4S/c1-10(25)21-11-5-6-16(23-29(4,27)28)13(7-11)18(26)22-12-8-14(19)17(24(2)3)15(20)9-12/h5-9,23H,1-4H3,(H,21,25)(H,22,26). The van der Waals surface area contributed by atoms with Gasteiger partial charge in [0.25, 0.3) is 5.91 Å². The Morgan fingerprint density at radius 1 is 0.966 bits per heavy atom. The predicted molar refractivity (Wildman–Crippen MR) is 108 cm³/mol. The van der Waals surface area contributed by atoms with Gasteiger partial charge in [-0.25, -0.2) is 17.2 Å². The van der Waals surface area contributed by atoms with Crippen LogP contribution < -0.4 is 20.3 Å². The van der Waals surface area contributed by atoms with Gasteiger partial charge in [-0.1, -0.05) is 0 Å². The van der Waals surface area contributed by atoms with E-state index in [0.29, 0.717) is 0 Å². The molecule has 0 fully saturated rings. The minimum absolute atomic E-state index is 0.0649. The van der Waals surface area contributed by atoms with Gasteiger partial charge in [-0.15, -0.1) is 0 Å². The van der Waals surface area contributed by atoms with Gasteiger partial charge >= 0.3 is 0 Å². The highest BCUT2D eigenvalue weighted by Gasteiger charge is 2.18. The van der Waals surface area contributed by atoms with E-state index < -0.39 is 33.5 Å². The average molecular weight is 426 g/mol. The molecule has 0 unspecified atom stereocenters. The zero-order valence-corrected chi connectivity index (χ0v) is 16.9. The Morgan fingerprint density at radius 2 is 1.55 bits per heavy atom. The maximum Gasteiger partial charge on any atom is 0.257 e. The number of rotatable bonds is 6. The number of carbonyl (C=O) groups excluding carboxylic acids is 2. The molecular weight excluding hydrogens is 406 g/mol. The first kappa shape index (κ1) is 22.1. The molecular formula is C18H20F2N4O4S. The van der Waals surface area contributed by atoms with Gasteiger partial charge in [-0.2, -0.15) is 0 Å². The van der Waals surface area contributed by atoms with Crippen molar-refractivity contribution in [1.82, 2.24) is 0 Å². The lowest BCUT2D eigenvalue weighted by Gasteiger charge is -2.17. The average Bonchev–Trinajstić information content (AvgIpc) is 2.53. The van der Waals surface area contributed by atoms with Crippen LogP contribution in [-0.4, -0.2) is 40.6 Å². The summed E-state index contributed by atoms with van der Waals surface area (Å²) in [6.07, 6.45) is 0.904. The maximum absolute atomic E-state index is 14.2. The molecule has 0 atom stereocenters. The zero-order valence-electron chi connectivity index (χ0n) is 16.1. The van der Waals surface area contributed by atoms with Crippen LogP contribution in [0.2, 0.25) is 0 Å². The smallest absolute Gasteiger partial charge is 0.257 e. The van der Waals surface area contributed by atoms with E-state index in [0.717, 1.165) is 18.4 Å². The molecule has 0 aromatic heterocycles. The van der Waals surface area contributed by atoms with Crippen molar-refractivity contribution in [1.29, 1.82) is 0 Å². The predicted octanol–water partition coefficient (Wildman–Crippen LogP) is 2.61. The highest BCUT2D eigenvalue weighted by molar-refractivity contribution is 7.92. The Bertz CT molecular complexity index is 1050. The van der Waals surface area contributed by atoms with Crippen LogP contribution >= 0.6 is 0 Å². The summed E-state index contributed by atoms with van der Waals surface area (Å²) < 4.78 is 53.6. The van der Waals surface area contributed by atoms with Gasteiger partial charge in [0.05, 0.1) is 17.5 Å². The first-order valence-corrected chi connectivity index (χ1v) is 10.1. The van der Waals surface area contributed by atoms with E-state index in [4.69, 9.17) is 0 Å². The number of carbonyl (C=O) groups is 2. The molecule has 0 radical (unpaired) electrons. The summed E-state index contributed by atoms with van der Waals surface area (Å²) in [6.45, 7) is 1.26. The van der Waals surface area contributed by atoms with E-state index in [1.54, 1.807) is 0 Å². The number of benzene rings is 2. The third-order valence-corrected chi connectivity index (χ3v) is 4.19. The molecule has 3 N–H and O–H groups in total. The van der Waals surface area contributed by atoms with Gasteiger partial charge in [0, 0.05) is 32.4 Å². The third-order valence-electron chi connectivity index (χ3n) is 3.60. The molecule has 0 saturated carbocycles. The van der Waals surface area contributed by atoms with Crippen molar-refractivity contribution in [2.75, 3.05) is 40.6 Å². The molecule has 0 aliphatic heterocycles. The van der Waals surface area contributed by atoms with Gasteiger partial charge in [-0.05, 0) is 30.3 Å². The van der Waals surface area contributed by atoms with Gasteiger partial charge < -0.3 is 15.5 Å². The lowest BCUT2D eigenvalue weighted by atomic mass is 10.1. The Morgan fingerprint density at radius 3 is 2.03 bits per heavy atom. The van der Waals surface area contributed by atoms with E-state index in [1.807, 2.05) is 0 Å². The second kappa shape index (κ2) is 8.43. The van der Waals surface area contributed by atoms with E-state index in [2.05, 4.69) is 15.4 Å². The molecule has 8 nitrogen and oxygen atoms in total. The van der Waals surface area contributed by atoms with Crippen molar-refractivity contribution in [3.8, 4) is 0 Å². The number of nitrogens with one attached hydrogen (secondary N) is 3. The fourth-order valence-electron chi connectivity index (χ4n) is 2.57. The summed E-state index contributed by atoms with van der Waals surface area (Å²) in [5, 5.41) is 4.80. The molecule has 0 saturated heterocycles. The highest BCUT2D eigenvalue weighted by Crippen LogP contribution is 2.27. The number of sulfonamides is 1. The fraction of sp³-hybridized carbons (Fsp3) is 0.222. The van der Waals surface area contributed by atoms with E-state index in [9.17, 15) is 26.8 Å². The molecule has 0 bridgehead atoms. The molecule has 2 rings (SSSR count). The number of hydrogen-bond donors (Lipinski definition) is 3. The molecule has 2 amide bonds. The minimum atomic E-state index is -3.71. The number of hydrogen-bond acceptors (Lipinski definition) is 5. The summed E-state index contributed by atoms with van der Waals surface area (Å²) in [4.78, 5) is 25.2. The van der Waals surface area contributed by atoms with Crippen LogP contribution in [0.5, 0.6) is 0 Å². The number of nitrogens with zero attached hydrogens (tertiary/aromatic N) is 1.